The molecule has 0 N–H and O–H groups in total. The first-order chi connectivity index (χ1) is 12.5. The summed E-state index contributed by atoms with van der Waals surface area (Å²) in [5, 5.41) is 14.0. The van der Waals surface area contributed by atoms with Crippen LogP contribution in [0.3, 0.4) is 0 Å². The lowest BCUT2D eigenvalue weighted by molar-refractivity contribution is 0.461. The summed E-state index contributed by atoms with van der Waals surface area (Å²) in [5.74, 6) is 1.12. The van der Waals surface area contributed by atoms with E-state index in [0.29, 0.717) is 23.3 Å². The first-order valence-electron chi connectivity index (χ1n) is 8.33. The molecule has 0 spiro atoms. The summed E-state index contributed by atoms with van der Waals surface area (Å²) in [6.07, 6.45) is 7.40. The van der Waals surface area contributed by atoms with E-state index in [9.17, 15) is 0 Å². The van der Waals surface area contributed by atoms with Crippen molar-refractivity contribution in [3.8, 4) is 17.7 Å². The topological polar surface area (TPSA) is 76.6 Å². The molecule has 0 bridgehead atoms. The van der Waals surface area contributed by atoms with Gasteiger partial charge in [0.2, 0.25) is 11.2 Å². The fourth-order valence-corrected chi connectivity index (χ4v) is 3.10. The van der Waals surface area contributed by atoms with E-state index in [2.05, 4.69) is 15.1 Å². The molecule has 0 aliphatic heterocycles. The number of aryl methyl sites for hydroxylation is 2. The van der Waals surface area contributed by atoms with Crippen LogP contribution in [0.1, 0.15) is 35.6 Å². The van der Waals surface area contributed by atoms with E-state index in [1.165, 1.54) is 6.08 Å². The molecule has 0 amide bonds. The highest BCUT2D eigenvalue weighted by Gasteiger charge is 2.26. The van der Waals surface area contributed by atoms with Gasteiger partial charge in [-0.3, -0.25) is 4.68 Å². The van der Waals surface area contributed by atoms with Gasteiger partial charge in [0, 0.05) is 12.3 Å². The molecule has 130 valence electrons. The zero-order valence-electron chi connectivity index (χ0n) is 14.4. The Labute approximate surface area is 155 Å². The van der Waals surface area contributed by atoms with Crippen LogP contribution in [0.2, 0.25) is 5.28 Å². The van der Waals surface area contributed by atoms with E-state index in [1.54, 1.807) is 6.08 Å². The Hall–Kier alpha value is -2.91. The summed E-state index contributed by atoms with van der Waals surface area (Å²) in [4.78, 5) is 8.47. The molecule has 0 unspecified atom stereocenters. The zero-order valence-corrected chi connectivity index (χ0v) is 15.2. The molecule has 1 fully saturated rings. The lowest BCUT2D eigenvalue weighted by Crippen LogP contribution is -1.96. The average Bonchev–Trinajstić information content (AvgIpc) is 3.36. The minimum Gasteiger partial charge on any atom is -0.438 e. The number of fused-ring (bicyclic) bond motifs is 1. The van der Waals surface area contributed by atoms with Gasteiger partial charge in [-0.1, -0.05) is 0 Å². The van der Waals surface area contributed by atoms with E-state index < -0.39 is 0 Å². The van der Waals surface area contributed by atoms with E-state index in [0.717, 1.165) is 34.9 Å². The molecule has 3 aromatic rings. The molecule has 2 heterocycles. The number of aromatic nitrogens is 4. The molecule has 0 saturated heterocycles. The van der Waals surface area contributed by atoms with E-state index in [-0.39, 0.29) is 5.28 Å². The van der Waals surface area contributed by atoms with Crippen molar-refractivity contribution < 1.29 is 4.74 Å². The lowest BCUT2D eigenvalue weighted by Gasteiger charge is -2.12. The Morgan fingerprint density at radius 3 is 2.65 bits per heavy atom. The van der Waals surface area contributed by atoms with Gasteiger partial charge in [0.05, 0.1) is 12.1 Å². The first kappa shape index (κ1) is 16.6. The Bertz CT molecular complexity index is 1050. The van der Waals surface area contributed by atoms with E-state index in [4.69, 9.17) is 21.6 Å². The van der Waals surface area contributed by atoms with Crippen molar-refractivity contribution in [2.24, 2.45) is 0 Å². The van der Waals surface area contributed by atoms with Gasteiger partial charge < -0.3 is 4.74 Å². The quantitative estimate of drug-likeness (QED) is 0.492. The predicted molar refractivity (Wildman–Crippen MR) is 99.2 cm³/mol. The lowest BCUT2D eigenvalue weighted by atomic mass is 10.1. The van der Waals surface area contributed by atoms with Crippen molar-refractivity contribution >= 4 is 28.7 Å². The number of rotatable bonds is 4. The molecule has 0 atom stereocenters. The highest BCUT2D eigenvalue weighted by molar-refractivity contribution is 6.28. The Balaban J connectivity index is 1.75. The van der Waals surface area contributed by atoms with Crippen LogP contribution < -0.4 is 4.74 Å². The van der Waals surface area contributed by atoms with Crippen molar-refractivity contribution in [3.63, 3.8) is 0 Å². The number of hydrogen-bond acceptors (Lipinski definition) is 5. The maximum Gasteiger partial charge on any atom is 0.234 e. The van der Waals surface area contributed by atoms with Gasteiger partial charge in [0.15, 0.2) is 5.65 Å². The molecule has 7 heteroatoms. The van der Waals surface area contributed by atoms with Crippen LogP contribution in [0.25, 0.3) is 17.1 Å². The Kier molecular flexibility index (Phi) is 4.09. The van der Waals surface area contributed by atoms with E-state index >= 15 is 0 Å². The summed E-state index contributed by atoms with van der Waals surface area (Å²) in [5.41, 5.74) is 3.37. The van der Waals surface area contributed by atoms with Crippen molar-refractivity contribution in [1.29, 1.82) is 5.26 Å². The molecule has 2 aromatic heterocycles. The second-order valence-corrected chi connectivity index (χ2v) is 6.76. The van der Waals surface area contributed by atoms with Gasteiger partial charge in [0.25, 0.3) is 0 Å². The number of benzene rings is 1. The number of halogens is 1. The van der Waals surface area contributed by atoms with Gasteiger partial charge in [-0.25, -0.2) is 0 Å². The third-order valence-corrected chi connectivity index (χ3v) is 4.46. The maximum absolute atomic E-state index is 8.69. The molecule has 1 aliphatic rings. The fraction of sp³-hybridized carbons (Fsp3) is 0.263. The van der Waals surface area contributed by atoms with Crippen molar-refractivity contribution in [2.45, 2.75) is 32.7 Å². The normalized spacial score (nSPS) is 14.1. The van der Waals surface area contributed by atoms with Crippen LogP contribution in [0, 0.1) is 25.2 Å². The van der Waals surface area contributed by atoms with Crippen LogP contribution in [0.15, 0.2) is 24.4 Å². The second kappa shape index (κ2) is 6.43. The minimum atomic E-state index is 0.109. The number of ether oxygens (including phenoxy) is 1. The van der Waals surface area contributed by atoms with Crippen LogP contribution in [0.5, 0.6) is 11.6 Å². The third kappa shape index (κ3) is 3.14. The number of nitrogens with zero attached hydrogens (tertiary/aromatic N) is 5. The van der Waals surface area contributed by atoms with Crippen LogP contribution in [-0.4, -0.2) is 19.7 Å². The number of allylic oxidation sites excluding steroid dienone is 1. The van der Waals surface area contributed by atoms with Gasteiger partial charge in [0.1, 0.15) is 11.1 Å². The molecule has 1 saturated carbocycles. The Morgan fingerprint density at radius 2 is 2.00 bits per heavy atom. The van der Waals surface area contributed by atoms with E-state index in [1.807, 2.05) is 42.9 Å². The minimum absolute atomic E-state index is 0.109. The highest BCUT2D eigenvalue weighted by atomic mass is 35.5. The third-order valence-electron chi connectivity index (χ3n) is 4.29. The highest BCUT2D eigenvalue weighted by Crippen LogP contribution is 2.37. The second-order valence-electron chi connectivity index (χ2n) is 6.42. The maximum atomic E-state index is 8.69. The summed E-state index contributed by atoms with van der Waals surface area (Å²) < 4.78 is 8.04. The van der Waals surface area contributed by atoms with Gasteiger partial charge in [-0.15, -0.1) is 0 Å². The monoisotopic (exact) mass is 365 g/mol. The number of hydrogen-bond donors (Lipinski definition) is 0. The number of nitriles is 1. The molecule has 6 nitrogen and oxygen atoms in total. The SMILES string of the molecule is Cc1cc(/C=C/C#N)cc(C)c1Oc1nc(Cl)nc2nn(C3CC3)cc12. The molecular weight excluding hydrogens is 350 g/mol. The van der Waals surface area contributed by atoms with Crippen molar-refractivity contribution in [1.82, 2.24) is 19.7 Å². The fourth-order valence-electron chi connectivity index (χ4n) is 2.95. The standard InChI is InChI=1S/C19H16ClN5O/c1-11-8-13(4-3-7-21)9-12(2)16(11)26-18-15-10-25(14-5-6-14)24-17(15)22-19(20)23-18/h3-4,8-10,14H,5-6H2,1-2H3/b4-3+. The molecule has 1 aliphatic carbocycles. The molecule has 4 rings (SSSR count). The molecule has 1 aromatic carbocycles. The van der Waals surface area contributed by atoms with Gasteiger partial charge in [-0.05, 0) is 73.2 Å². The van der Waals surface area contributed by atoms with Gasteiger partial charge >= 0.3 is 0 Å². The Morgan fingerprint density at radius 1 is 1.27 bits per heavy atom. The van der Waals surface area contributed by atoms with Crippen LogP contribution in [-0.2, 0) is 0 Å². The molecule has 0 radical (unpaired) electrons. The summed E-state index contributed by atoms with van der Waals surface area (Å²) >= 11 is 6.07. The predicted octanol–water partition coefficient (Wildman–Crippen LogP) is 4.76. The first-order valence-corrected chi connectivity index (χ1v) is 8.70. The van der Waals surface area contributed by atoms with Crippen molar-refractivity contribution in [2.75, 3.05) is 0 Å². The van der Waals surface area contributed by atoms with Crippen molar-refractivity contribution in [3.05, 3.63) is 46.4 Å². The van der Waals surface area contributed by atoms with Crippen LogP contribution in [0.4, 0.5) is 0 Å². The van der Waals surface area contributed by atoms with Crippen LogP contribution >= 0.6 is 11.6 Å². The smallest absolute Gasteiger partial charge is 0.234 e. The molecule has 26 heavy (non-hydrogen) atoms. The largest absolute Gasteiger partial charge is 0.438 e. The summed E-state index contributed by atoms with van der Waals surface area (Å²) in [6, 6.07) is 6.36. The molecular formula is C19H16ClN5O. The zero-order chi connectivity index (χ0) is 18.3. The summed E-state index contributed by atoms with van der Waals surface area (Å²) in [7, 11) is 0. The average molecular weight is 366 g/mol. The van der Waals surface area contributed by atoms with Gasteiger partial charge in [-0.2, -0.15) is 20.3 Å². The summed E-state index contributed by atoms with van der Waals surface area (Å²) in [6.45, 7) is 3.92.